The van der Waals surface area contributed by atoms with Gasteiger partial charge in [-0.2, -0.15) is 0 Å². The summed E-state index contributed by atoms with van der Waals surface area (Å²) in [6.45, 7) is 4.55. The fourth-order valence-electron chi connectivity index (χ4n) is 3.94. The first-order valence-electron chi connectivity index (χ1n) is 6.42. The van der Waals surface area contributed by atoms with E-state index in [-0.39, 0.29) is 23.3 Å². The zero-order valence-electron chi connectivity index (χ0n) is 10.4. The lowest BCUT2D eigenvalue weighted by Crippen LogP contribution is -2.35. The van der Waals surface area contributed by atoms with E-state index < -0.39 is 0 Å². The number of aliphatic hydroxyl groups excluding tert-OH is 1. The molecule has 0 spiro atoms. The molecule has 0 saturated carbocycles. The van der Waals surface area contributed by atoms with Crippen LogP contribution in [0, 0.1) is 11.3 Å². The van der Waals surface area contributed by atoms with Crippen LogP contribution in [-0.4, -0.2) is 17.1 Å². The average molecular weight is 233 g/mol. The molecule has 1 aliphatic heterocycles. The molecular formula is C14H19NO2. The molecule has 0 radical (unpaired) electrons. The molecule has 3 rings (SSSR count). The van der Waals surface area contributed by atoms with Crippen LogP contribution >= 0.6 is 0 Å². The van der Waals surface area contributed by atoms with Gasteiger partial charge in [0.05, 0.1) is 17.9 Å². The summed E-state index contributed by atoms with van der Waals surface area (Å²) in [5, 5.41) is 12.3. The van der Waals surface area contributed by atoms with Crippen LogP contribution in [0.4, 0.5) is 0 Å². The molecule has 3 heteroatoms. The number of aliphatic hydroxyl groups is 1. The average Bonchev–Trinajstić information content (AvgIpc) is 2.71. The molecule has 0 unspecified atom stereocenters. The Morgan fingerprint density at radius 2 is 2.24 bits per heavy atom. The highest BCUT2D eigenvalue weighted by molar-refractivity contribution is 5.97. The minimum absolute atomic E-state index is 0.0876. The van der Waals surface area contributed by atoms with E-state index in [1.54, 1.807) is 0 Å². The van der Waals surface area contributed by atoms with Gasteiger partial charge in [-0.05, 0) is 36.7 Å². The molecule has 0 aromatic heterocycles. The van der Waals surface area contributed by atoms with Gasteiger partial charge in [0.2, 0.25) is 0 Å². The van der Waals surface area contributed by atoms with Crippen LogP contribution in [0.1, 0.15) is 39.5 Å². The summed E-state index contributed by atoms with van der Waals surface area (Å²) in [5.74, 6) is 0.0882. The van der Waals surface area contributed by atoms with Crippen molar-refractivity contribution in [3.05, 3.63) is 23.0 Å². The second-order valence-electron chi connectivity index (χ2n) is 6.10. The van der Waals surface area contributed by atoms with Crippen LogP contribution in [0.2, 0.25) is 0 Å². The summed E-state index contributed by atoms with van der Waals surface area (Å²) in [7, 11) is 0. The number of rotatable bonds is 0. The van der Waals surface area contributed by atoms with Crippen molar-refractivity contribution in [2.45, 2.75) is 45.6 Å². The van der Waals surface area contributed by atoms with Gasteiger partial charge in [0.15, 0.2) is 0 Å². The van der Waals surface area contributed by atoms with Gasteiger partial charge in [-0.25, -0.2) is 0 Å². The molecule has 0 aromatic rings. The molecule has 0 bridgehead atoms. The fraction of sp³-hybridized carbons (Fsp3) is 0.643. The molecule has 17 heavy (non-hydrogen) atoms. The van der Waals surface area contributed by atoms with E-state index in [0.29, 0.717) is 5.57 Å². The monoisotopic (exact) mass is 233 g/mol. The number of carbonyl (C=O) groups is 1. The topological polar surface area (TPSA) is 49.3 Å². The van der Waals surface area contributed by atoms with E-state index >= 15 is 0 Å². The van der Waals surface area contributed by atoms with Crippen molar-refractivity contribution in [1.29, 1.82) is 0 Å². The number of nitrogens with one attached hydrogen (secondary N) is 1. The van der Waals surface area contributed by atoms with Gasteiger partial charge in [0.25, 0.3) is 5.91 Å². The van der Waals surface area contributed by atoms with Gasteiger partial charge in [-0.1, -0.05) is 19.4 Å². The molecule has 1 fully saturated rings. The first-order valence-corrected chi connectivity index (χ1v) is 6.42. The molecule has 0 aromatic carbocycles. The molecule has 2 aliphatic carbocycles. The van der Waals surface area contributed by atoms with Crippen molar-refractivity contribution in [3.8, 4) is 0 Å². The Labute approximate surface area is 102 Å². The maximum Gasteiger partial charge on any atom is 0.251 e. The molecule has 1 heterocycles. The zero-order valence-corrected chi connectivity index (χ0v) is 10.4. The zero-order chi connectivity index (χ0) is 12.2. The quantitative estimate of drug-likeness (QED) is 0.383. The third-order valence-electron chi connectivity index (χ3n) is 4.66. The van der Waals surface area contributed by atoms with Crippen molar-refractivity contribution in [1.82, 2.24) is 5.32 Å². The minimum atomic E-state index is -0.0876. The highest BCUT2D eigenvalue weighted by Crippen LogP contribution is 2.52. The van der Waals surface area contributed by atoms with E-state index in [9.17, 15) is 9.90 Å². The standard InChI is InChI=1S/C14H19NO2/c1-14(2)5-3-4-8-6-9-10(7-16)13(17)15-12(9)11(8)14/h7,9,12,16H,3-6H2,1-2H3,(H,15,17)/b10-7+/t9-,12+/m1/s1. The largest absolute Gasteiger partial charge is 0.515 e. The lowest BCUT2D eigenvalue weighted by atomic mass is 9.72. The Hall–Kier alpha value is -1.25. The first kappa shape index (κ1) is 10.9. The van der Waals surface area contributed by atoms with Crippen LogP contribution in [0.3, 0.4) is 0 Å². The van der Waals surface area contributed by atoms with Crippen molar-refractivity contribution in [2.75, 3.05) is 0 Å². The maximum absolute atomic E-state index is 11.7. The number of carbonyl (C=O) groups excluding carboxylic acids is 1. The highest BCUT2D eigenvalue weighted by Gasteiger charge is 2.49. The van der Waals surface area contributed by atoms with Gasteiger partial charge >= 0.3 is 0 Å². The Morgan fingerprint density at radius 3 is 2.94 bits per heavy atom. The molecule has 1 saturated heterocycles. The summed E-state index contributed by atoms with van der Waals surface area (Å²) < 4.78 is 0. The summed E-state index contributed by atoms with van der Waals surface area (Å²) in [6.07, 6.45) is 5.57. The van der Waals surface area contributed by atoms with Gasteiger partial charge in [-0.15, -0.1) is 0 Å². The lowest BCUT2D eigenvalue weighted by Gasteiger charge is -2.35. The van der Waals surface area contributed by atoms with Crippen molar-refractivity contribution >= 4 is 5.91 Å². The van der Waals surface area contributed by atoms with Crippen LogP contribution in [0.5, 0.6) is 0 Å². The predicted octanol–water partition coefficient (Wildman–Crippen LogP) is 2.45. The smallest absolute Gasteiger partial charge is 0.251 e. The van der Waals surface area contributed by atoms with Crippen LogP contribution in [-0.2, 0) is 4.79 Å². The number of hydrogen-bond acceptors (Lipinski definition) is 2. The number of fused-ring (bicyclic) bond motifs is 2. The van der Waals surface area contributed by atoms with E-state index in [0.717, 1.165) is 12.7 Å². The minimum Gasteiger partial charge on any atom is -0.515 e. The van der Waals surface area contributed by atoms with E-state index in [1.165, 1.54) is 30.4 Å². The van der Waals surface area contributed by atoms with E-state index in [4.69, 9.17) is 0 Å². The van der Waals surface area contributed by atoms with E-state index in [1.807, 2.05) is 0 Å². The summed E-state index contributed by atoms with van der Waals surface area (Å²) in [5.41, 5.74) is 3.74. The SMILES string of the molecule is CC1(C)CCCC2=C1[C@H]1NC(=O)/C(=C/O)[C@H]1C2. The number of hydrogen-bond donors (Lipinski definition) is 2. The molecular weight excluding hydrogens is 214 g/mol. The summed E-state index contributed by atoms with van der Waals surface area (Å²) >= 11 is 0. The first-order chi connectivity index (χ1) is 8.04. The normalized spacial score (nSPS) is 37.1. The number of allylic oxidation sites excluding steroid dienone is 1. The Kier molecular flexibility index (Phi) is 2.16. The van der Waals surface area contributed by atoms with Gasteiger partial charge < -0.3 is 10.4 Å². The van der Waals surface area contributed by atoms with Gasteiger partial charge in [0, 0.05) is 5.92 Å². The molecule has 92 valence electrons. The summed E-state index contributed by atoms with van der Waals surface area (Å²) in [4.78, 5) is 11.7. The Morgan fingerprint density at radius 1 is 1.47 bits per heavy atom. The predicted molar refractivity (Wildman–Crippen MR) is 65.4 cm³/mol. The Bertz CT molecular complexity index is 445. The second kappa shape index (κ2) is 3.37. The summed E-state index contributed by atoms with van der Waals surface area (Å²) in [6, 6.07) is 0.145. The third-order valence-corrected chi connectivity index (χ3v) is 4.66. The molecule has 2 atom stereocenters. The molecule has 3 nitrogen and oxygen atoms in total. The van der Waals surface area contributed by atoms with Crippen LogP contribution < -0.4 is 5.32 Å². The van der Waals surface area contributed by atoms with Crippen molar-refractivity contribution in [3.63, 3.8) is 0 Å². The van der Waals surface area contributed by atoms with Crippen molar-refractivity contribution < 1.29 is 9.90 Å². The van der Waals surface area contributed by atoms with Gasteiger partial charge in [-0.3, -0.25) is 4.79 Å². The lowest BCUT2D eigenvalue weighted by molar-refractivity contribution is -0.116. The van der Waals surface area contributed by atoms with Crippen LogP contribution in [0.25, 0.3) is 0 Å². The van der Waals surface area contributed by atoms with Crippen molar-refractivity contribution in [2.24, 2.45) is 11.3 Å². The maximum atomic E-state index is 11.7. The Balaban J connectivity index is 2.02. The van der Waals surface area contributed by atoms with Gasteiger partial charge in [0.1, 0.15) is 0 Å². The number of amides is 1. The second-order valence-corrected chi connectivity index (χ2v) is 6.10. The third kappa shape index (κ3) is 1.38. The molecule has 1 amide bonds. The van der Waals surface area contributed by atoms with E-state index in [2.05, 4.69) is 19.2 Å². The fourth-order valence-corrected chi connectivity index (χ4v) is 3.94. The van der Waals surface area contributed by atoms with Crippen LogP contribution in [0.15, 0.2) is 23.0 Å². The molecule has 3 aliphatic rings. The highest BCUT2D eigenvalue weighted by atomic mass is 16.2. The molecule has 2 N–H and O–H groups in total.